The van der Waals surface area contributed by atoms with Crippen molar-refractivity contribution >= 4 is 0 Å². The summed E-state index contributed by atoms with van der Waals surface area (Å²) in [5.41, 5.74) is 1.57. The molecule has 4 nitrogen and oxygen atoms in total. The van der Waals surface area contributed by atoms with E-state index in [2.05, 4.69) is 12.2 Å². The Morgan fingerprint density at radius 2 is 1.32 bits per heavy atom. The third-order valence-corrected chi connectivity index (χ3v) is 4.31. The summed E-state index contributed by atoms with van der Waals surface area (Å²) < 4.78 is 11.9. The maximum Gasteiger partial charge on any atom is 0.163 e. The number of benzene rings is 1. The van der Waals surface area contributed by atoms with Crippen molar-refractivity contribution in [2.75, 3.05) is 0 Å². The van der Waals surface area contributed by atoms with E-state index in [1.807, 2.05) is 13.8 Å². The number of phenols is 2. The molecule has 100 valence electrons. The van der Waals surface area contributed by atoms with E-state index >= 15 is 0 Å². The Balaban J connectivity index is 1.92. The molecule has 1 aromatic carbocycles. The topological polar surface area (TPSA) is 58.9 Å². The number of hydrogen-bond acceptors (Lipinski definition) is 4. The van der Waals surface area contributed by atoms with Crippen LogP contribution in [0.4, 0.5) is 0 Å². The molecule has 0 aromatic heterocycles. The Morgan fingerprint density at radius 1 is 0.895 bits per heavy atom. The maximum atomic E-state index is 10.1. The fourth-order valence-corrected chi connectivity index (χ4v) is 3.67. The van der Waals surface area contributed by atoms with Gasteiger partial charge in [-0.1, -0.05) is 12.2 Å². The molecule has 2 N–H and O–H groups in total. The lowest BCUT2D eigenvalue weighted by Crippen LogP contribution is -2.41. The highest BCUT2D eigenvalue weighted by Gasteiger charge is 2.55. The van der Waals surface area contributed by atoms with E-state index in [0.29, 0.717) is 0 Å². The van der Waals surface area contributed by atoms with E-state index in [0.717, 1.165) is 11.1 Å². The van der Waals surface area contributed by atoms with E-state index in [-0.39, 0.29) is 35.5 Å². The fourth-order valence-electron chi connectivity index (χ4n) is 3.67. The lowest BCUT2D eigenvalue weighted by atomic mass is 9.67. The molecule has 4 heteroatoms. The molecule has 4 atom stereocenters. The molecule has 0 radical (unpaired) electrons. The lowest BCUT2D eigenvalue weighted by molar-refractivity contribution is -0.146. The molecule has 1 fully saturated rings. The van der Waals surface area contributed by atoms with E-state index in [1.165, 1.54) is 0 Å². The second-order valence-electron chi connectivity index (χ2n) is 5.93. The van der Waals surface area contributed by atoms with Crippen LogP contribution in [-0.4, -0.2) is 28.2 Å². The van der Waals surface area contributed by atoms with E-state index in [9.17, 15) is 10.2 Å². The van der Waals surface area contributed by atoms with E-state index in [4.69, 9.17) is 9.47 Å². The molecular formula is C15H16O4. The molecule has 0 saturated carbocycles. The van der Waals surface area contributed by atoms with Gasteiger partial charge in [0.15, 0.2) is 5.79 Å². The van der Waals surface area contributed by atoms with Crippen molar-refractivity contribution in [1.29, 1.82) is 0 Å². The molecule has 4 aliphatic rings. The first kappa shape index (κ1) is 11.3. The standard InChI is InChI=1S/C15H16O4/c1-15(2)18-13-7-3-4-8(14(13)19-15)12-10(17)6-5-9(16)11(7)12/h3-8,13-14,16-17H,1-2H3/t7-,8+,13-,14+. The molecule has 0 amide bonds. The van der Waals surface area contributed by atoms with Crippen LogP contribution in [0.3, 0.4) is 0 Å². The van der Waals surface area contributed by atoms with Gasteiger partial charge in [0.05, 0.1) is 12.2 Å². The van der Waals surface area contributed by atoms with Crippen molar-refractivity contribution in [3.8, 4) is 11.5 Å². The first-order valence-electron chi connectivity index (χ1n) is 6.56. The van der Waals surface area contributed by atoms with Crippen LogP contribution in [0.1, 0.15) is 36.8 Å². The van der Waals surface area contributed by atoms with E-state index < -0.39 is 5.79 Å². The van der Waals surface area contributed by atoms with Gasteiger partial charge in [-0.2, -0.15) is 0 Å². The van der Waals surface area contributed by atoms with Gasteiger partial charge in [0, 0.05) is 23.0 Å². The quantitative estimate of drug-likeness (QED) is 0.555. The van der Waals surface area contributed by atoms with Crippen LogP contribution in [0, 0.1) is 0 Å². The second-order valence-corrected chi connectivity index (χ2v) is 5.93. The number of ether oxygens (including phenoxy) is 2. The van der Waals surface area contributed by atoms with Gasteiger partial charge in [-0.05, 0) is 26.0 Å². The van der Waals surface area contributed by atoms with Gasteiger partial charge in [0.1, 0.15) is 11.5 Å². The first-order chi connectivity index (χ1) is 8.98. The van der Waals surface area contributed by atoms with Gasteiger partial charge in [-0.15, -0.1) is 0 Å². The van der Waals surface area contributed by atoms with Crippen LogP contribution in [-0.2, 0) is 9.47 Å². The molecule has 2 bridgehead atoms. The highest BCUT2D eigenvalue weighted by molar-refractivity contribution is 5.59. The van der Waals surface area contributed by atoms with Crippen LogP contribution < -0.4 is 0 Å². The van der Waals surface area contributed by atoms with E-state index in [1.54, 1.807) is 12.1 Å². The van der Waals surface area contributed by atoms with Crippen LogP contribution in [0.25, 0.3) is 0 Å². The summed E-state index contributed by atoms with van der Waals surface area (Å²) >= 11 is 0. The lowest BCUT2D eigenvalue weighted by Gasteiger charge is -2.41. The largest absolute Gasteiger partial charge is 0.508 e. The van der Waals surface area contributed by atoms with Crippen molar-refractivity contribution in [3.63, 3.8) is 0 Å². The fraction of sp³-hybridized carbons (Fsp3) is 0.467. The normalized spacial score (nSPS) is 37.2. The molecule has 19 heavy (non-hydrogen) atoms. The summed E-state index contributed by atoms with van der Waals surface area (Å²) in [6.45, 7) is 3.80. The zero-order valence-electron chi connectivity index (χ0n) is 10.8. The van der Waals surface area contributed by atoms with Gasteiger partial charge in [-0.3, -0.25) is 0 Å². The van der Waals surface area contributed by atoms with Gasteiger partial charge in [-0.25, -0.2) is 0 Å². The van der Waals surface area contributed by atoms with Crippen LogP contribution in [0.5, 0.6) is 11.5 Å². The maximum absolute atomic E-state index is 10.1. The summed E-state index contributed by atoms with van der Waals surface area (Å²) in [5.74, 6) is -0.291. The van der Waals surface area contributed by atoms with Crippen molar-refractivity contribution in [3.05, 3.63) is 35.4 Å². The molecule has 3 aliphatic carbocycles. The molecule has 1 heterocycles. The minimum atomic E-state index is -0.620. The van der Waals surface area contributed by atoms with Gasteiger partial charge in [0.25, 0.3) is 0 Å². The molecular weight excluding hydrogens is 244 g/mol. The van der Waals surface area contributed by atoms with Gasteiger partial charge >= 0.3 is 0 Å². The molecule has 0 unspecified atom stereocenters. The molecule has 1 aliphatic heterocycles. The van der Waals surface area contributed by atoms with Crippen molar-refractivity contribution < 1.29 is 19.7 Å². The van der Waals surface area contributed by atoms with Crippen molar-refractivity contribution in [2.45, 2.75) is 43.7 Å². The Morgan fingerprint density at radius 3 is 1.74 bits per heavy atom. The Hall–Kier alpha value is -1.52. The van der Waals surface area contributed by atoms with Crippen molar-refractivity contribution in [2.24, 2.45) is 0 Å². The van der Waals surface area contributed by atoms with Gasteiger partial charge < -0.3 is 19.7 Å². The Labute approximate surface area is 111 Å². The summed E-state index contributed by atoms with van der Waals surface area (Å²) in [5, 5.41) is 20.2. The third kappa shape index (κ3) is 1.36. The monoisotopic (exact) mass is 260 g/mol. The third-order valence-electron chi connectivity index (χ3n) is 4.31. The van der Waals surface area contributed by atoms with Crippen LogP contribution in [0.15, 0.2) is 24.3 Å². The SMILES string of the molecule is CC1(C)O[C@@H]2[C@H](O1)[C@@H]1C=C[C@H]2c2c(O)ccc(O)c21. The first-order valence-corrected chi connectivity index (χ1v) is 6.56. The summed E-state index contributed by atoms with van der Waals surface area (Å²) in [7, 11) is 0. The van der Waals surface area contributed by atoms with Crippen LogP contribution >= 0.6 is 0 Å². The van der Waals surface area contributed by atoms with Gasteiger partial charge in [0.2, 0.25) is 0 Å². The second kappa shape index (κ2) is 3.32. The average Bonchev–Trinajstić information content (AvgIpc) is 2.70. The summed E-state index contributed by atoms with van der Waals surface area (Å²) in [6, 6.07) is 3.08. The number of aromatic hydroxyl groups is 2. The summed E-state index contributed by atoms with van der Waals surface area (Å²) in [4.78, 5) is 0. The molecule has 5 rings (SSSR count). The zero-order valence-corrected chi connectivity index (χ0v) is 10.8. The highest BCUT2D eigenvalue weighted by atomic mass is 16.8. The number of phenolic OH excluding ortho intramolecular Hbond substituents is 2. The predicted octanol–water partition coefficient (Wildman–Crippen LogP) is 2.37. The molecule has 0 spiro atoms. The predicted molar refractivity (Wildman–Crippen MR) is 68.2 cm³/mol. The minimum Gasteiger partial charge on any atom is -0.508 e. The Kier molecular flexibility index (Phi) is 1.98. The average molecular weight is 260 g/mol. The zero-order chi connectivity index (χ0) is 13.4. The molecule has 1 aromatic rings. The van der Waals surface area contributed by atoms with Crippen LogP contribution in [0.2, 0.25) is 0 Å². The molecule has 1 saturated heterocycles. The minimum absolute atomic E-state index is 0.0566. The van der Waals surface area contributed by atoms with Crippen molar-refractivity contribution in [1.82, 2.24) is 0 Å². The highest BCUT2D eigenvalue weighted by Crippen LogP contribution is 2.56. The number of rotatable bonds is 0. The number of hydrogen-bond donors (Lipinski definition) is 2. The smallest absolute Gasteiger partial charge is 0.163 e. The summed E-state index contributed by atoms with van der Waals surface area (Å²) in [6.07, 6.45) is 3.92. The Bertz CT molecular complexity index is 541.